The van der Waals surface area contributed by atoms with Gasteiger partial charge in [0.2, 0.25) is 0 Å². The van der Waals surface area contributed by atoms with Gasteiger partial charge < -0.3 is 9.64 Å². The molecule has 0 amide bonds. The second-order valence-corrected chi connectivity index (χ2v) is 3.54. The first kappa shape index (κ1) is 11.2. The Morgan fingerprint density at radius 1 is 1.29 bits per heavy atom. The zero-order valence-corrected chi connectivity index (χ0v) is 9.70. The van der Waals surface area contributed by atoms with Crippen molar-refractivity contribution in [1.29, 1.82) is 0 Å². The monoisotopic (exact) mass is 231 g/mol. The summed E-state index contributed by atoms with van der Waals surface area (Å²) in [5.41, 5.74) is 0.866. The number of para-hydroxylation sites is 2. The van der Waals surface area contributed by atoms with E-state index in [0.717, 1.165) is 11.4 Å². The minimum absolute atomic E-state index is 0.685. The molecular formula is C12H13N3O2. The molecule has 17 heavy (non-hydrogen) atoms. The predicted octanol–water partition coefficient (Wildman–Crippen LogP) is 2.48. The van der Waals surface area contributed by atoms with Crippen molar-refractivity contribution in [2.24, 2.45) is 5.18 Å². The summed E-state index contributed by atoms with van der Waals surface area (Å²) in [5.74, 6) is 1.42. The van der Waals surface area contributed by atoms with E-state index in [1.54, 1.807) is 7.11 Å². The van der Waals surface area contributed by atoms with Gasteiger partial charge in [0.1, 0.15) is 17.8 Å². The maximum Gasteiger partial charge on any atom is 0.142 e. The van der Waals surface area contributed by atoms with E-state index in [0.29, 0.717) is 5.82 Å². The van der Waals surface area contributed by atoms with Crippen molar-refractivity contribution in [2.75, 3.05) is 19.1 Å². The molecule has 1 heterocycles. The average molecular weight is 231 g/mol. The van der Waals surface area contributed by atoms with Gasteiger partial charge in [0.15, 0.2) is 0 Å². The van der Waals surface area contributed by atoms with Gasteiger partial charge in [-0.3, -0.25) is 4.90 Å². The lowest BCUT2D eigenvalue weighted by Gasteiger charge is -2.22. The maximum absolute atomic E-state index is 10.4. The van der Waals surface area contributed by atoms with Gasteiger partial charge >= 0.3 is 0 Å². The summed E-state index contributed by atoms with van der Waals surface area (Å²) in [7, 11) is 3.46. The summed E-state index contributed by atoms with van der Waals surface area (Å²) in [5, 5.41) is 2.82. The largest absolute Gasteiger partial charge is 0.495 e. The topological polar surface area (TPSA) is 45.1 Å². The quantitative estimate of drug-likeness (QED) is 0.750. The molecular weight excluding hydrogens is 218 g/mol. The molecule has 2 rings (SSSR count). The standard InChI is InChI=1S/C12H13N3O2/c1-14-7-8-15(12(14)9-13-16)10-5-3-4-6-11(10)17-2/h3-9H,1-2H3. The first-order valence-corrected chi connectivity index (χ1v) is 5.14. The van der Waals surface area contributed by atoms with Crippen LogP contribution >= 0.6 is 0 Å². The Labute approximate surface area is 99.6 Å². The molecule has 1 aliphatic heterocycles. The highest BCUT2D eigenvalue weighted by molar-refractivity contribution is 5.65. The first-order valence-electron chi connectivity index (χ1n) is 5.14. The molecule has 0 atom stereocenters. The molecule has 1 aliphatic rings. The molecule has 0 radical (unpaired) electrons. The van der Waals surface area contributed by atoms with Crippen molar-refractivity contribution in [3.05, 3.63) is 53.6 Å². The minimum atomic E-state index is 0.685. The second kappa shape index (κ2) is 4.69. The third kappa shape index (κ3) is 1.99. The number of methoxy groups -OCH3 is 1. The molecule has 1 aromatic rings. The van der Waals surface area contributed by atoms with Crippen LogP contribution in [0.15, 0.2) is 53.9 Å². The van der Waals surface area contributed by atoms with Gasteiger partial charge in [0, 0.05) is 19.4 Å². The van der Waals surface area contributed by atoms with Crippen LogP contribution in [0.2, 0.25) is 0 Å². The highest BCUT2D eigenvalue weighted by Gasteiger charge is 2.20. The number of ether oxygens (including phenoxy) is 1. The predicted molar refractivity (Wildman–Crippen MR) is 66.3 cm³/mol. The van der Waals surface area contributed by atoms with Crippen molar-refractivity contribution in [2.45, 2.75) is 0 Å². The molecule has 0 spiro atoms. The fourth-order valence-electron chi connectivity index (χ4n) is 1.72. The zero-order valence-electron chi connectivity index (χ0n) is 9.70. The van der Waals surface area contributed by atoms with Crippen LogP contribution in [0.4, 0.5) is 5.69 Å². The number of benzene rings is 1. The van der Waals surface area contributed by atoms with Crippen molar-refractivity contribution >= 4 is 5.69 Å². The molecule has 0 saturated carbocycles. The van der Waals surface area contributed by atoms with Gasteiger partial charge in [-0.1, -0.05) is 12.1 Å². The van der Waals surface area contributed by atoms with Crippen LogP contribution in [-0.4, -0.2) is 19.1 Å². The number of nitroso groups, excluding NO2 is 1. The van der Waals surface area contributed by atoms with Gasteiger partial charge in [0.05, 0.1) is 12.8 Å². The molecule has 0 N–H and O–H groups in total. The Balaban J connectivity index is 2.43. The molecule has 0 unspecified atom stereocenters. The molecule has 88 valence electrons. The lowest BCUT2D eigenvalue weighted by molar-refractivity contribution is 0.415. The number of hydrogen-bond acceptors (Lipinski definition) is 5. The number of nitrogens with zero attached hydrogens (tertiary/aromatic N) is 3. The zero-order chi connectivity index (χ0) is 12.3. The normalized spacial score (nSPS) is 16.7. The molecule has 1 aromatic carbocycles. The number of anilines is 1. The van der Waals surface area contributed by atoms with Gasteiger partial charge in [0.25, 0.3) is 0 Å². The van der Waals surface area contributed by atoms with E-state index in [9.17, 15) is 4.91 Å². The van der Waals surface area contributed by atoms with Gasteiger partial charge in [-0.2, -0.15) is 0 Å². The summed E-state index contributed by atoms with van der Waals surface area (Å²) in [6.45, 7) is 0. The lowest BCUT2D eigenvalue weighted by Crippen LogP contribution is -2.19. The van der Waals surface area contributed by atoms with Gasteiger partial charge in [-0.25, -0.2) is 0 Å². The van der Waals surface area contributed by atoms with E-state index in [1.807, 2.05) is 53.5 Å². The summed E-state index contributed by atoms with van der Waals surface area (Å²) < 4.78 is 5.29. The van der Waals surface area contributed by atoms with E-state index in [1.165, 1.54) is 6.20 Å². The summed E-state index contributed by atoms with van der Waals surface area (Å²) >= 11 is 0. The van der Waals surface area contributed by atoms with E-state index in [2.05, 4.69) is 5.18 Å². The van der Waals surface area contributed by atoms with Crippen LogP contribution in [0.25, 0.3) is 0 Å². The third-order valence-corrected chi connectivity index (χ3v) is 2.56. The Hall–Kier alpha value is -2.30. The molecule has 5 nitrogen and oxygen atoms in total. The SMILES string of the molecule is COc1ccccc1N1C=CN(C)C1=CN=O. The Kier molecular flexibility index (Phi) is 3.09. The summed E-state index contributed by atoms with van der Waals surface area (Å²) in [6, 6.07) is 7.59. The first-order chi connectivity index (χ1) is 8.27. The number of hydrogen-bond donors (Lipinski definition) is 0. The highest BCUT2D eigenvalue weighted by atomic mass is 16.5. The summed E-state index contributed by atoms with van der Waals surface area (Å²) in [6.07, 6.45) is 4.98. The van der Waals surface area contributed by atoms with Crippen LogP contribution in [0.5, 0.6) is 5.75 Å². The van der Waals surface area contributed by atoms with Crippen molar-refractivity contribution in [3.8, 4) is 5.75 Å². The molecule has 0 saturated heterocycles. The average Bonchev–Trinajstić information content (AvgIpc) is 2.72. The second-order valence-electron chi connectivity index (χ2n) is 3.54. The van der Waals surface area contributed by atoms with E-state index in [-0.39, 0.29) is 0 Å². The molecule has 0 fully saturated rings. The summed E-state index contributed by atoms with van der Waals surface area (Å²) in [4.78, 5) is 14.1. The molecule has 5 heteroatoms. The van der Waals surface area contributed by atoms with Crippen molar-refractivity contribution < 1.29 is 4.74 Å². The fourth-order valence-corrected chi connectivity index (χ4v) is 1.72. The van der Waals surface area contributed by atoms with Gasteiger partial charge in [-0.15, -0.1) is 4.91 Å². The van der Waals surface area contributed by atoms with E-state index in [4.69, 9.17) is 4.74 Å². The Morgan fingerprint density at radius 2 is 2.06 bits per heavy atom. The highest BCUT2D eigenvalue weighted by Crippen LogP contribution is 2.33. The van der Waals surface area contributed by atoms with E-state index >= 15 is 0 Å². The van der Waals surface area contributed by atoms with Gasteiger partial charge in [-0.05, 0) is 17.3 Å². The van der Waals surface area contributed by atoms with Crippen LogP contribution in [0, 0.1) is 4.91 Å². The Bertz CT molecular complexity index is 482. The third-order valence-electron chi connectivity index (χ3n) is 2.56. The smallest absolute Gasteiger partial charge is 0.142 e. The van der Waals surface area contributed by atoms with Crippen LogP contribution < -0.4 is 9.64 Å². The minimum Gasteiger partial charge on any atom is -0.495 e. The Morgan fingerprint density at radius 3 is 2.76 bits per heavy atom. The van der Waals surface area contributed by atoms with Crippen LogP contribution in [-0.2, 0) is 0 Å². The molecule has 0 aliphatic carbocycles. The fraction of sp³-hybridized carbons (Fsp3) is 0.167. The van der Waals surface area contributed by atoms with E-state index < -0.39 is 0 Å². The number of rotatable bonds is 3. The van der Waals surface area contributed by atoms with Crippen molar-refractivity contribution in [3.63, 3.8) is 0 Å². The van der Waals surface area contributed by atoms with Crippen LogP contribution in [0.1, 0.15) is 0 Å². The maximum atomic E-state index is 10.4. The molecule has 0 aromatic heterocycles. The lowest BCUT2D eigenvalue weighted by atomic mass is 10.2. The van der Waals surface area contributed by atoms with Crippen molar-refractivity contribution in [1.82, 2.24) is 4.90 Å². The van der Waals surface area contributed by atoms with Crippen LogP contribution in [0.3, 0.4) is 0 Å². The molecule has 0 bridgehead atoms.